The summed E-state index contributed by atoms with van der Waals surface area (Å²) >= 11 is 1.38. The van der Waals surface area contributed by atoms with Crippen molar-refractivity contribution in [1.82, 2.24) is 10.2 Å². The predicted molar refractivity (Wildman–Crippen MR) is 58.5 cm³/mol. The van der Waals surface area contributed by atoms with Gasteiger partial charge in [0.2, 0.25) is 5.13 Å². The first-order valence-electron chi connectivity index (χ1n) is 4.69. The highest BCUT2D eigenvalue weighted by Gasteiger charge is 2.01. The summed E-state index contributed by atoms with van der Waals surface area (Å²) < 4.78 is 25.7. The fourth-order valence-electron chi connectivity index (χ4n) is 1.32. The van der Waals surface area contributed by atoms with Crippen molar-refractivity contribution in [3.8, 4) is 0 Å². The minimum atomic E-state index is -0.550. The molecule has 6 heteroatoms. The Kier molecular flexibility index (Phi) is 3.40. The fraction of sp³-hybridized carbons (Fsp3) is 0.200. The molecular formula is C10H9F2N3S. The van der Waals surface area contributed by atoms with Crippen molar-refractivity contribution in [2.24, 2.45) is 0 Å². The van der Waals surface area contributed by atoms with Crippen LogP contribution in [-0.2, 0) is 6.42 Å². The molecule has 1 N–H and O–H groups in total. The summed E-state index contributed by atoms with van der Waals surface area (Å²) in [5, 5.41) is 11.2. The van der Waals surface area contributed by atoms with Gasteiger partial charge in [0.05, 0.1) is 0 Å². The zero-order chi connectivity index (χ0) is 11.4. The number of benzene rings is 1. The maximum atomic E-state index is 12.8. The zero-order valence-electron chi connectivity index (χ0n) is 8.28. The number of hydrogen-bond acceptors (Lipinski definition) is 4. The molecule has 0 unspecified atom stereocenters. The molecule has 3 nitrogen and oxygen atoms in total. The average Bonchev–Trinajstić information content (AvgIpc) is 2.69. The van der Waals surface area contributed by atoms with Crippen molar-refractivity contribution in [1.29, 1.82) is 0 Å². The van der Waals surface area contributed by atoms with Crippen LogP contribution < -0.4 is 5.32 Å². The summed E-state index contributed by atoms with van der Waals surface area (Å²) in [5.41, 5.74) is 2.24. The lowest BCUT2D eigenvalue weighted by molar-refractivity contribution is 0.580. The van der Waals surface area contributed by atoms with Gasteiger partial charge in [-0.15, -0.1) is 10.2 Å². The maximum Gasteiger partial charge on any atom is 0.205 e. The van der Waals surface area contributed by atoms with Crippen molar-refractivity contribution in [2.45, 2.75) is 6.42 Å². The molecule has 1 aromatic heterocycles. The highest BCUT2D eigenvalue weighted by atomic mass is 32.1. The molecule has 0 radical (unpaired) electrons. The summed E-state index contributed by atoms with van der Waals surface area (Å²) in [6.07, 6.45) is 0.536. The zero-order valence-corrected chi connectivity index (χ0v) is 9.10. The highest BCUT2D eigenvalue weighted by Crippen LogP contribution is 2.10. The van der Waals surface area contributed by atoms with E-state index in [1.54, 1.807) is 5.51 Å². The first-order chi connectivity index (χ1) is 7.74. The van der Waals surface area contributed by atoms with Gasteiger partial charge in [-0.3, -0.25) is 0 Å². The minimum Gasteiger partial charge on any atom is -0.360 e. The van der Waals surface area contributed by atoms with E-state index in [9.17, 15) is 8.78 Å². The van der Waals surface area contributed by atoms with E-state index in [4.69, 9.17) is 0 Å². The molecule has 0 fully saturated rings. The molecule has 84 valence electrons. The monoisotopic (exact) mass is 241 g/mol. The van der Waals surface area contributed by atoms with Gasteiger partial charge in [0.25, 0.3) is 0 Å². The van der Waals surface area contributed by atoms with E-state index < -0.39 is 11.6 Å². The lowest BCUT2D eigenvalue weighted by Crippen LogP contribution is -2.05. The topological polar surface area (TPSA) is 37.8 Å². The Hall–Kier alpha value is -1.56. The van der Waals surface area contributed by atoms with Gasteiger partial charge in [-0.1, -0.05) is 11.3 Å². The summed E-state index contributed by atoms with van der Waals surface area (Å²) in [4.78, 5) is 0. The van der Waals surface area contributed by atoms with E-state index >= 15 is 0 Å². The van der Waals surface area contributed by atoms with E-state index in [1.165, 1.54) is 23.5 Å². The van der Waals surface area contributed by atoms with E-state index in [0.29, 0.717) is 23.7 Å². The standard InChI is InChI=1S/C10H9F2N3S/c11-8-3-7(4-9(12)5-8)1-2-13-10-15-14-6-16-10/h3-6H,1-2H2,(H,13,15). The molecule has 0 spiro atoms. The largest absolute Gasteiger partial charge is 0.360 e. The molecular weight excluding hydrogens is 232 g/mol. The van der Waals surface area contributed by atoms with Gasteiger partial charge in [-0.2, -0.15) is 0 Å². The van der Waals surface area contributed by atoms with Crippen LogP contribution in [0.25, 0.3) is 0 Å². The molecule has 1 heterocycles. The molecule has 0 atom stereocenters. The molecule has 0 amide bonds. The van der Waals surface area contributed by atoms with Gasteiger partial charge in [-0.25, -0.2) is 8.78 Å². The summed E-state index contributed by atoms with van der Waals surface area (Å²) in [5.74, 6) is -1.10. The third-order valence-corrected chi connectivity index (χ3v) is 2.62. The molecule has 0 saturated heterocycles. The van der Waals surface area contributed by atoms with Crippen molar-refractivity contribution >= 4 is 16.5 Å². The molecule has 0 saturated carbocycles. The van der Waals surface area contributed by atoms with Gasteiger partial charge < -0.3 is 5.32 Å². The number of nitrogens with one attached hydrogen (secondary N) is 1. The normalized spacial score (nSPS) is 10.4. The predicted octanol–water partition coefficient (Wildman–Crippen LogP) is 2.47. The number of hydrogen-bond donors (Lipinski definition) is 1. The SMILES string of the molecule is Fc1cc(F)cc(CCNc2nncs2)c1. The van der Waals surface area contributed by atoms with E-state index in [0.717, 1.165) is 6.07 Å². The van der Waals surface area contributed by atoms with E-state index in [2.05, 4.69) is 15.5 Å². The molecule has 0 aliphatic heterocycles. The third kappa shape index (κ3) is 2.96. The Bertz CT molecular complexity index is 439. The van der Waals surface area contributed by atoms with Crippen LogP contribution in [0.3, 0.4) is 0 Å². The Labute approximate surface area is 95.1 Å². The third-order valence-electron chi connectivity index (χ3n) is 1.97. The van der Waals surface area contributed by atoms with Crippen molar-refractivity contribution < 1.29 is 8.78 Å². The van der Waals surface area contributed by atoms with E-state index in [1.807, 2.05) is 0 Å². The fourth-order valence-corrected chi connectivity index (χ4v) is 1.79. The summed E-state index contributed by atoms with van der Waals surface area (Å²) in [6.45, 7) is 0.568. The van der Waals surface area contributed by atoms with Crippen LogP contribution >= 0.6 is 11.3 Å². The van der Waals surface area contributed by atoms with Crippen molar-refractivity contribution in [3.63, 3.8) is 0 Å². The van der Waals surface area contributed by atoms with Crippen molar-refractivity contribution in [3.05, 3.63) is 40.9 Å². The molecule has 2 aromatic rings. The maximum absolute atomic E-state index is 12.8. The van der Waals surface area contributed by atoms with Crippen LogP contribution in [0.1, 0.15) is 5.56 Å². The minimum absolute atomic E-state index is 0.536. The lowest BCUT2D eigenvalue weighted by atomic mass is 10.1. The van der Waals surface area contributed by atoms with Gasteiger partial charge in [-0.05, 0) is 24.1 Å². The molecule has 16 heavy (non-hydrogen) atoms. The molecule has 0 aliphatic rings. The van der Waals surface area contributed by atoms with Crippen LogP contribution in [0.15, 0.2) is 23.7 Å². The number of aromatic nitrogens is 2. The highest BCUT2D eigenvalue weighted by molar-refractivity contribution is 7.13. The van der Waals surface area contributed by atoms with Crippen LogP contribution in [-0.4, -0.2) is 16.7 Å². The van der Waals surface area contributed by atoms with Crippen LogP contribution in [0.4, 0.5) is 13.9 Å². The number of rotatable bonds is 4. The molecule has 0 bridgehead atoms. The van der Waals surface area contributed by atoms with Gasteiger partial charge in [0.15, 0.2) is 0 Å². The lowest BCUT2D eigenvalue weighted by Gasteiger charge is -2.03. The smallest absolute Gasteiger partial charge is 0.205 e. The van der Waals surface area contributed by atoms with Crippen molar-refractivity contribution in [2.75, 3.05) is 11.9 Å². The van der Waals surface area contributed by atoms with E-state index in [-0.39, 0.29) is 0 Å². The van der Waals surface area contributed by atoms with Crippen LogP contribution in [0.2, 0.25) is 0 Å². The quantitative estimate of drug-likeness (QED) is 0.893. The first-order valence-corrected chi connectivity index (χ1v) is 5.57. The second-order valence-electron chi connectivity index (χ2n) is 3.20. The number of anilines is 1. The summed E-state index contributed by atoms with van der Waals surface area (Å²) in [6, 6.07) is 3.51. The molecule has 2 rings (SSSR count). The Morgan fingerprint density at radius 2 is 1.94 bits per heavy atom. The molecule has 1 aromatic carbocycles. The second kappa shape index (κ2) is 4.98. The number of halogens is 2. The Morgan fingerprint density at radius 3 is 2.56 bits per heavy atom. The van der Waals surface area contributed by atoms with Gasteiger partial charge in [0, 0.05) is 12.6 Å². The second-order valence-corrected chi connectivity index (χ2v) is 4.03. The summed E-state index contributed by atoms with van der Waals surface area (Å²) in [7, 11) is 0. The molecule has 0 aliphatic carbocycles. The Balaban J connectivity index is 1.89. The van der Waals surface area contributed by atoms with Gasteiger partial charge >= 0.3 is 0 Å². The first kappa shape index (κ1) is 10.9. The Morgan fingerprint density at radius 1 is 1.19 bits per heavy atom. The van der Waals surface area contributed by atoms with Crippen LogP contribution in [0.5, 0.6) is 0 Å². The van der Waals surface area contributed by atoms with Gasteiger partial charge in [0.1, 0.15) is 17.1 Å². The average molecular weight is 241 g/mol. The van der Waals surface area contributed by atoms with Crippen LogP contribution in [0, 0.1) is 11.6 Å². The number of nitrogens with zero attached hydrogens (tertiary/aromatic N) is 2.